The molecule has 7 nitrogen and oxygen atoms in total. The number of carbonyl (C=O) groups is 1. The highest BCUT2D eigenvalue weighted by Crippen LogP contribution is 2.21. The van der Waals surface area contributed by atoms with E-state index >= 15 is 0 Å². The first-order valence-electron chi connectivity index (χ1n) is 9.06. The maximum atomic E-state index is 13.6. The van der Waals surface area contributed by atoms with Gasteiger partial charge in [-0.15, -0.1) is 0 Å². The third-order valence-corrected chi connectivity index (χ3v) is 4.18. The highest BCUT2D eigenvalue weighted by atomic mass is 19.2. The average Bonchev–Trinajstić information content (AvgIpc) is 2.62. The topological polar surface area (TPSA) is 101 Å². The van der Waals surface area contributed by atoms with Crippen molar-refractivity contribution in [1.82, 2.24) is 9.55 Å². The van der Waals surface area contributed by atoms with Gasteiger partial charge in [0.05, 0.1) is 0 Å². The lowest BCUT2D eigenvalue weighted by Crippen LogP contribution is -2.42. The Morgan fingerprint density at radius 1 is 1.25 bits per heavy atom. The summed E-state index contributed by atoms with van der Waals surface area (Å²) in [7, 11) is 0. The number of aromatic amines is 1. The van der Waals surface area contributed by atoms with E-state index in [-0.39, 0.29) is 36.1 Å². The van der Waals surface area contributed by atoms with Gasteiger partial charge in [0.15, 0.2) is 17.3 Å². The molecule has 0 unspecified atom stereocenters. The Hall–Kier alpha value is -2.97. The molecule has 3 N–H and O–H groups in total. The fourth-order valence-corrected chi connectivity index (χ4v) is 2.80. The molecule has 2 aromatic rings. The van der Waals surface area contributed by atoms with Crippen molar-refractivity contribution in [2.45, 2.75) is 40.2 Å². The maximum Gasteiger partial charge on any atom is 0.330 e. The molecule has 2 rings (SSSR count). The zero-order valence-corrected chi connectivity index (χ0v) is 16.1. The number of H-pyrrole nitrogens is 1. The van der Waals surface area contributed by atoms with Gasteiger partial charge in [-0.05, 0) is 30.5 Å². The molecule has 0 radical (unpaired) electrons. The van der Waals surface area contributed by atoms with Gasteiger partial charge in [0, 0.05) is 18.7 Å². The minimum atomic E-state index is -1.17. The molecule has 0 bridgehead atoms. The van der Waals surface area contributed by atoms with Crippen LogP contribution >= 0.6 is 0 Å². The van der Waals surface area contributed by atoms with E-state index < -0.39 is 28.8 Å². The average molecular weight is 394 g/mol. The summed E-state index contributed by atoms with van der Waals surface area (Å²) in [6.45, 7) is 6.01. The third-order valence-electron chi connectivity index (χ3n) is 4.18. The van der Waals surface area contributed by atoms with Gasteiger partial charge < -0.3 is 10.6 Å². The largest absolute Gasteiger partial charge is 0.383 e. The van der Waals surface area contributed by atoms with Crippen LogP contribution in [0.15, 0.2) is 27.8 Å². The van der Waals surface area contributed by atoms with Crippen LogP contribution in [-0.4, -0.2) is 22.0 Å². The summed E-state index contributed by atoms with van der Waals surface area (Å²) in [5.41, 5.74) is 4.30. The molecular formula is C19H24F2N4O3. The van der Waals surface area contributed by atoms with Crippen LogP contribution in [0.5, 0.6) is 0 Å². The lowest BCUT2D eigenvalue weighted by molar-refractivity contribution is 0.0985. The molecule has 28 heavy (non-hydrogen) atoms. The SMILES string of the molecule is CCCCN(C(=O)c1ccc(F)c(F)c1)c1c(N)n(CC(C)C)c(=O)[nH]c1=O. The number of hydrogen-bond donors (Lipinski definition) is 2. The standard InChI is InChI=1S/C19H24F2N4O3/c1-4-5-8-24(18(27)12-6-7-13(20)14(21)9-12)15-16(22)25(10-11(2)3)19(28)23-17(15)26/h6-7,9,11H,4-5,8,10,22H2,1-3H3,(H,23,26,28). The van der Waals surface area contributed by atoms with Crippen molar-refractivity contribution in [1.29, 1.82) is 0 Å². The minimum absolute atomic E-state index is 0.0599. The Balaban J connectivity index is 2.62. The zero-order valence-electron chi connectivity index (χ0n) is 16.1. The molecule has 0 spiro atoms. The van der Waals surface area contributed by atoms with E-state index in [4.69, 9.17) is 5.73 Å². The molecule has 1 amide bonds. The molecule has 0 saturated carbocycles. The fraction of sp³-hybridized carbons (Fsp3) is 0.421. The zero-order chi connectivity index (χ0) is 21.0. The number of nitrogens with zero attached hydrogens (tertiary/aromatic N) is 2. The van der Waals surface area contributed by atoms with Crippen LogP contribution in [-0.2, 0) is 6.54 Å². The Bertz CT molecular complexity index is 982. The van der Waals surface area contributed by atoms with Gasteiger partial charge in [-0.3, -0.25) is 19.1 Å². The highest BCUT2D eigenvalue weighted by molar-refractivity contribution is 6.07. The van der Waals surface area contributed by atoms with Crippen molar-refractivity contribution in [3.63, 3.8) is 0 Å². The van der Waals surface area contributed by atoms with Gasteiger partial charge in [-0.2, -0.15) is 0 Å². The van der Waals surface area contributed by atoms with Crippen LogP contribution in [0.2, 0.25) is 0 Å². The maximum absolute atomic E-state index is 13.6. The second kappa shape index (κ2) is 8.81. The van der Waals surface area contributed by atoms with Crippen LogP contribution < -0.4 is 21.9 Å². The molecule has 0 atom stereocenters. The molecule has 0 fully saturated rings. The molecule has 0 saturated heterocycles. The summed E-state index contributed by atoms with van der Waals surface area (Å²) in [5.74, 6) is -3.05. The monoisotopic (exact) mass is 394 g/mol. The number of carbonyl (C=O) groups excluding carboxylic acids is 1. The number of nitrogen functional groups attached to an aromatic ring is 1. The number of rotatable bonds is 7. The third kappa shape index (κ3) is 4.47. The van der Waals surface area contributed by atoms with Gasteiger partial charge in [-0.25, -0.2) is 13.6 Å². The molecule has 9 heteroatoms. The Morgan fingerprint density at radius 3 is 2.50 bits per heavy atom. The van der Waals surface area contributed by atoms with Crippen LogP contribution in [0.25, 0.3) is 0 Å². The number of hydrogen-bond acceptors (Lipinski definition) is 4. The number of nitrogens with one attached hydrogen (secondary N) is 1. The molecular weight excluding hydrogens is 370 g/mol. The summed E-state index contributed by atoms with van der Waals surface area (Å²) < 4.78 is 28.0. The van der Waals surface area contributed by atoms with Gasteiger partial charge in [0.1, 0.15) is 5.82 Å². The van der Waals surface area contributed by atoms with Crippen LogP contribution in [0.1, 0.15) is 44.0 Å². The van der Waals surface area contributed by atoms with Crippen molar-refractivity contribution >= 4 is 17.4 Å². The number of amides is 1. The second-order valence-electron chi connectivity index (χ2n) is 6.94. The van der Waals surface area contributed by atoms with Crippen molar-refractivity contribution in [3.8, 4) is 0 Å². The Labute approximate surface area is 160 Å². The van der Waals surface area contributed by atoms with Crippen molar-refractivity contribution < 1.29 is 13.6 Å². The van der Waals surface area contributed by atoms with Gasteiger partial charge in [-0.1, -0.05) is 27.2 Å². The number of nitrogens with two attached hydrogens (primary N) is 1. The number of benzene rings is 1. The van der Waals surface area contributed by atoms with E-state index in [0.717, 1.165) is 23.1 Å². The van der Waals surface area contributed by atoms with E-state index in [0.29, 0.717) is 12.8 Å². The highest BCUT2D eigenvalue weighted by Gasteiger charge is 2.25. The number of halogens is 2. The lowest BCUT2D eigenvalue weighted by atomic mass is 10.1. The first kappa shape index (κ1) is 21.3. The van der Waals surface area contributed by atoms with Crippen LogP contribution in [0.3, 0.4) is 0 Å². The Morgan fingerprint density at radius 2 is 1.93 bits per heavy atom. The van der Waals surface area contributed by atoms with Crippen LogP contribution in [0.4, 0.5) is 20.3 Å². The molecule has 1 aromatic heterocycles. The van der Waals surface area contributed by atoms with Gasteiger partial charge >= 0.3 is 5.69 Å². The summed E-state index contributed by atoms with van der Waals surface area (Å²) in [4.78, 5) is 40.9. The quantitative estimate of drug-likeness (QED) is 0.753. The number of anilines is 2. The lowest BCUT2D eigenvalue weighted by Gasteiger charge is -2.25. The van der Waals surface area contributed by atoms with Crippen LogP contribution in [0, 0.1) is 17.6 Å². The minimum Gasteiger partial charge on any atom is -0.383 e. The summed E-state index contributed by atoms with van der Waals surface area (Å²) >= 11 is 0. The van der Waals surface area contributed by atoms with Gasteiger partial charge in [0.2, 0.25) is 0 Å². The van der Waals surface area contributed by atoms with Crippen molar-refractivity contribution in [3.05, 3.63) is 56.2 Å². The smallest absolute Gasteiger partial charge is 0.330 e. The van der Waals surface area contributed by atoms with Crippen molar-refractivity contribution in [2.24, 2.45) is 5.92 Å². The predicted molar refractivity (Wildman–Crippen MR) is 104 cm³/mol. The fourth-order valence-electron chi connectivity index (χ4n) is 2.80. The van der Waals surface area contributed by atoms with E-state index in [1.807, 2.05) is 20.8 Å². The summed E-state index contributed by atoms with van der Waals surface area (Å²) in [6, 6.07) is 2.74. The van der Waals surface area contributed by atoms with E-state index in [9.17, 15) is 23.2 Å². The van der Waals surface area contributed by atoms with E-state index in [1.54, 1.807) is 0 Å². The van der Waals surface area contributed by atoms with Gasteiger partial charge in [0.25, 0.3) is 11.5 Å². The first-order valence-corrected chi connectivity index (χ1v) is 9.06. The molecule has 0 aliphatic carbocycles. The van der Waals surface area contributed by atoms with E-state index in [2.05, 4.69) is 4.98 Å². The molecule has 152 valence electrons. The first-order chi connectivity index (χ1) is 13.2. The van der Waals surface area contributed by atoms with Crippen molar-refractivity contribution in [2.75, 3.05) is 17.2 Å². The number of aromatic nitrogens is 2. The number of unbranched alkanes of at least 4 members (excludes halogenated alkanes) is 1. The predicted octanol–water partition coefficient (Wildman–Crippen LogP) is 2.50. The molecule has 1 heterocycles. The molecule has 1 aromatic carbocycles. The Kier molecular flexibility index (Phi) is 6.71. The summed E-state index contributed by atoms with van der Waals surface area (Å²) in [5, 5.41) is 0. The molecule has 0 aliphatic heterocycles. The van der Waals surface area contributed by atoms with E-state index in [1.165, 1.54) is 4.57 Å². The molecule has 0 aliphatic rings. The normalized spacial score (nSPS) is 11.1. The summed E-state index contributed by atoms with van der Waals surface area (Å²) in [6.07, 6.45) is 1.25. The second-order valence-corrected chi connectivity index (χ2v) is 6.94.